The maximum Gasteiger partial charge on any atom is 0.273 e. The summed E-state index contributed by atoms with van der Waals surface area (Å²) in [5.41, 5.74) is 0.0569. The molecular weight excluding hydrogens is 244 g/mol. The first-order valence-electron chi connectivity index (χ1n) is 6.49. The highest BCUT2D eigenvalue weighted by atomic mass is 16.6. The zero-order chi connectivity index (χ0) is 14.4. The second-order valence-electron chi connectivity index (χ2n) is 5.07. The second kappa shape index (κ2) is 7.09. The van der Waals surface area contributed by atoms with Crippen LogP contribution in [0.4, 0.5) is 5.69 Å². The molecular formula is C14H22N2O3. The standard InChI is InChI=1S/C14H22N2O3/c1-11(2)12(3)15(4)8-9-19-14-7-5-6-13(10-14)16(17)18/h5-7,10-12H,8-9H2,1-4H3. The molecule has 1 aromatic carbocycles. The molecule has 1 aromatic rings. The van der Waals surface area contributed by atoms with Gasteiger partial charge >= 0.3 is 0 Å². The van der Waals surface area contributed by atoms with E-state index in [9.17, 15) is 10.1 Å². The van der Waals surface area contributed by atoms with E-state index >= 15 is 0 Å². The van der Waals surface area contributed by atoms with E-state index in [0.717, 1.165) is 6.54 Å². The van der Waals surface area contributed by atoms with Crippen molar-refractivity contribution in [3.63, 3.8) is 0 Å². The molecule has 0 spiro atoms. The summed E-state index contributed by atoms with van der Waals surface area (Å²) in [6.45, 7) is 7.86. The van der Waals surface area contributed by atoms with Gasteiger partial charge in [0.05, 0.1) is 11.0 Å². The van der Waals surface area contributed by atoms with Crippen LogP contribution in [0.1, 0.15) is 20.8 Å². The molecule has 5 heteroatoms. The van der Waals surface area contributed by atoms with Crippen LogP contribution < -0.4 is 4.74 Å². The largest absolute Gasteiger partial charge is 0.492 e. The van der Waals surface area contributed by atoms with Crippen molar-refractivity contribution < 1.29 is 9.66 Å². The summed E-state index contributed by atoms with van der Waals surface area (Å²) in [6, 6.07) is 6.76. The molecule has 0 saturated heterocycles. The van der Waals surface area contributed by atoms with Gasteiger partial charge in [0.15, 0.2) is 0 Å². The van der Waals surface area contributed by atoms with Crippen molar-refractivity contribution in [2.24, 2.45) is 5.92 Å². The van der Waals surface area contributed by atoms with Gasteiger partial charge in [0.2, 0.25) is 0 Å². The Morgan fingerprint density at radius 3 is 2.63 bits per heavy atom. The zero-order valence-electron chi connectivity index (χ0n) is 12.0. The van der Waals surface area contributed by atoms with Crippen molar-refractivity contribution >= 4 is 5.69 Å². The first kappa shape index (κ1) is 15.4. The van der Waals surface area contributed by atoms with E-state index in [0.29, 0.717) is 24.3 Å². The Balaban J connectivity index is 2.45. The summed E-state index contributed by atoms with van der Waals surface area (Å²) >= 11 is 0. The van der Waals surface area contributed by atoms with E-state index < -0.39 is 4.92 Å². The van der Waals surface area contributed by atoms with Crippen molar-refractivity contribution in [3.8, 4) is 5.75 Å². The number of rotatable bonds is 7. The van der Waals surface area contributed by atoms with Crippen LogP contribution in [-0.4, -0.2) is 36.1 Å². The molecule has 1 atom stereocenters. The maximum absolute atomic E-state index is 10.6. The molecule has 0 heterocycles. The van der Waals surface area contributed by atoms with E-state index in [1.54, 1.807) is 12.1 Å². The number of likely N-dealkylation sites (N-methyl/N-ethyl adjacent to an activating group) is 1. The van der Waals surface area contributed by atoms with Crippen molar-refractivity contribution in [3.05, 3.63) is 34.4 Å². The predicted molar refractivity (Wildman–Crippen MR) is 75.5 cm³/mol. The first-order valence-corrected chi connectivity index (χ1v) is 6.49. The fourth-order valence-electron chi connectivity index (χ4n) is 1.71. The van der Waals surface area contributed by atoms with Gasteiger partial charge in [-0.05, 0) is 26.0 Å². The van der Waals surface area contributed by atoms with Gasteiger partial charge in [0, 0.05) is 18.7 Å². The Kier molecular flexibility index (Phi) is 5.76. The van der Waals surface area contributed by atoms with E-state index in [-0.39, 0.29) is 5.69 Å². The molecule has 0 bridgehead atoms. The van der Waals surface area contributed by atoms with Crippen LogP contribution >= 0.6 is 0 Å². The van der Waals surface area contributed by atoms with Crippen LogP contribution in [-0.2, 0) is 0 Å². The molecule has 0 aromatic heterocycles. The highest BCUT2D eigenvalue weighted by Crippen LogP contribution is 2.19. The van der Waals surface area contributed by atoms with Crippen LogP contribution in [0.5, 0.6) is 5.75 Å². The smallest absolute Gasteiger partial charge is 0.273 e. The third-order valence-corrected chi connectivity index (χ3v) is 3.40. The van der Waals surface area contributed by atoms with E-state index in [2.05, 4.69) is 32.7 Å². The van der Waals surface area contributed by atoms with E-state index in [1.165, 1.54) is 12.1 Å². The highest BCUT2D eigenvalue weighted by Gasteiger charge is 2.13. The topological polar surface area (TPSA) is 55.6 Å². The van der Waals surface area contributed by atoms with Gasteiger partial charge in [0.1, 0.15) is 12.4 Å². The van der Waals surface area contributed by atoms with Crippen LogP contribution in [0, 0.1) is 16.0 Å². The van der Waals surface area contributed by atoms with Crippen LogP contribution in [0.3, 0.4) is 0 Å². The third-order valence-electron chi connectivity index (χ3n) is 3.40. The van der Waals surface area contributed by atoms with Gasteiger partial charge in [-0.15, -0.1) is 0 Å². The molecule has 0 N–H and O–H groups in total. The number of ether oxygens (including phenoxy) is 1. The fraction of sp³-hybridized carbons (Fsp3) is 0.571. The minimum Gasteiger partial charge on any atom is -0.492 e. The van der Waals surface area contributed by atoms with Gasteiger partial charge in [-0.1, -0.05) is 19.9 Å². The second-order valence-corrected chi connectivity index (χ2v) is 5.07. The van der Waals surface area contributed by atoms with Crippen molar-refractivity contribution in [2.45, 2.75) is 26.8 Å². The van der Waals surface area contributed by atoms with Crippen molar-refractivity contribution in [2.75, 3.05) is 20.2 Å². The molecule has 0 radical (unpaired) electrons. The van der Waals surface area contributed by atoms with E-state index in [4.69, 9.17) is 4.74 Å². The summed E-state index contributed by atoms with van der Waals surface area (Å²) in [6.07, 6.45) is 0. The summed E-state index contributed by atoms with van der Waals surface area (Å²) in [5.74, 6) is 1.13. The molecule has 0 aliphatic carbocycles. The monoisotopic (exact) mass is 266 g/mol. The van der Waals surface area contributed by atoms with Crippen LogP contribution in [0.2, 0.25) is 0 Å². The van der Waals surface area contributed by atoms with Gasteiger partial charge in [-0.25, -0.2) is 0 Å². The molecule has 0 amide bonds. The molecule has 0 fully saturated rings. The van der Waals surface area contributed by atoms with E-state index in [1.807, 2.05) is 0 Å². The lowest BCUT2D eigenvalue weighted by molar-refractivity contribution is -0.384. The summed E-state index contributed by atoms with van der Waals surface area (Å²) in [7, 11) is 2.06. The lowest BCUT2D eigenvalue weighted by Gasteiger charge is -2.27. The highest BCUT2D eigenvalue weighted by molar-refractivity contribution is 5.37. The number of nitro groups is 1. The Bertz CT molecular complexity index is 421. The zero-order valence-corrected chi connectivity index (χ0v) is 12.0. The van der Waals surface area contributed by atoms with Crippen LogP contribution in [0.15, 0.2) is 24.3 Å². The number of non-ortho nitro benzene ring substituents is 1. The SMILES string of the molecule is CC(C)C(C)N(C)CCOc1cccc([N+](=O)[O-])c1. The minimum absolute atomic E-state index is 0.0569. The Hall–Kier alpha value is -1.62. The normalized spacial score (nSPS) is 12.7. The third kappa shape index (κ3) is 4.87. The van der Waals surface area contributed by atoms with Crippen LogP contribution in [0.25, 0.3) is 0 Å². The Morgan fingerprint density at radius 1 is 1.37 bits per heavy atom. The first-order chi connectivity index (χ1) is 8.91. The number of hydrogen-bond acceptors (Lipinski definition) is 4. The molecule has 0 saturated carbocycles. The predicted octanol–water partition coefficient (Wildman–Crippen LogP) is 2.95. The molecule has 0 aliphatic heterocycles. The van der Waals surface area contributed by atoms with Gasteiger partial charge in [-0.2, -0.15) is 0 Å². The molecule has 0 aliphatic rings. The Morgan fingerprint density at radius 2 is 2.05 bits per heavy atom. The fourth-order valence-corrected chi connectivity index (χ4v) is 1.71. The van der Waals surface area contributed by atoms with Gasteiger partial charge in [-0.3, -0.25) is 10.1 Å². The lowest BCUT2D eigenvalue weighted by Crippen LogP contribution is -2.36. The number of nitro benzene ring substituents is 1. The van der Waals surface area contributed by atoms with Crippen molar-refractivity contribution in [1.29, 1.82) is 0 Å². The van der Waals surface area contributed by atoms with Crippen molar-refractivity contribution in [1.82, 2.24) is 4.90 Å². The van der Waals surface area contributed by atoms with Gasteiger partial charge in [0.25, 0.3) is 5.69 Å². The average molecular weight is 266 g/mol. The quantitative estimate of drug-likeness (QED) is 0.562. The summed E-state index contributed by atoms with van der Waals surface area (Å²) in [5, 5.41) is 10.6. The summed E-state index contributed by atoms with van der Waals surface area (Å²) in [4.78, 5) is 12.4. The molecule has 106 valence electrons. The van der Waals surface area contributed by atoms with Gasteiger partial charge < -0.3 is 9.64 Å². The Labute approximate surface area is 114 Å². The lowest BCUT2D eigenvalue weighted by atomic mass is 10.1. The molecule has 19 heavy (non-hydrogen) atoms. The summed E-state index contributed by atoms with van der Waals surface area (Å²) < 4.78 is 5.55. The number of benzene rings is 1. The minimum atomic E-state index is -0.417. The average Bonchev–Trinajstić information content (AvgIpc) is 2.37. The number of nitrogens with zero attached hydrogens (tertiary/aromatic N) is 2. The molecule has 1 rings (SSSR count). The molecule has 5 nitrogen and oxygen atoms in total. The molecule has 1 unspecified atom stereocenters. The maximum atomic E-state index is 10.6. The number of hydrogen-bond donors (Lipinski definition) is 0.